The van der Waals surface area contributed by atoms with E-state index in [0.29, 0.717) is 0 Å². The molecule has 0 atom stereocenters. The van der Waals surface area contributed by atoms with Gasteiger partial charge >= 0.3 is 0 Å². The molecular formula is C14H14N2O. The molecule has 0 saturated carbocycles. The smallest absolute Gasteiger partial charge is 0.238 e. The maximum absolute atomic E-state index is 11.1. The quantitative estimate of drug-likeness (QED) is 0.843. The molecule has 0 aliphatic rings. The van der Waals surface area contributed by atoms with Crippen molar-refractivity contribution in [3.05, 3.63) is 54.6 Å². The highest BCUT2D eigenvalue weighted by Crippen LogP contribution is 2.20. The Bertz CT molecular complexity index is 491. The molecule has 3 N–H and O–H groups in total. The van der Waals surface area contributed by atoms with Gasteiger partial charge in [0.2, 0.25) is 5.91 Å². The van der Waals surface area contributed by atoms with E-state index in [1.165, 1.54) is 0 Å². The Hall–Kier alpha value is -2.13. The minimum atomic E-state index is -0.183. The van der Waals surface area contributed by atoms with Crippen molar-refractivity contribution < 1.29 is 4.79 Å². The molecule has 86 valence electrons. The molecule has 0 aliphatic heterocycles. The molecule has 1 amide bonds. The van der Waals surface area contributed by atoms with E-state index in [0.717, 1.165) is 16.8 Å². The number of benzene rings is 2. The number of carbonyl (C=O) groups excluding carboxylic acids is 1. The first-order chi connectivity index (χ1) is 8.29. The summed E-state index contributed by atoms with van der Waals surface area (Å²) in [5.41, 5.74) is 8.27. The highest BCUT2D eigenvalue weighted by Gasteiger charge is 2.00. The average Bonchev–Trinajstić information content (AvgIpc) is 2.40. The maximum atomic E-state index is 11.1. The molecular weight excluding hydrogens is 212 g/mol. The van der Waals surface area contributed by atoms with Crippen LogP contribution in [0.1, 0.15) is 0 Å². The molecule has 0 radical (unpaired) electrons. The third-order valence-corrected chi connectivity index (χ3v) is 2.46. The van der Waals surface area contributed by atoms with Gasteiger partial charge in [-0.3, -0.25) is 4.79 Å². The van der Waals surface area contributed by atoms with E-state index in [1.807, 2.05) is 54.6 Å². The summed E-state index contributed by atoms with van der Waals surface area (Å²) in [5, 5.41) is 2.71. The molecule has 0 aliphatic carbocycles. The van der Waals surface area contributed by atoms with Crippen molar-refractivity contribution in [1.82, 2.24) is 0 Å². The molecule has 0 unspecified atom stereocenters. The van der Waals surface area contributed by atoms with Crippen LogP contribution in [-0.4, -0.2) is 12.5 Å². The molecule has 2 aromatic rings. The van der Waals surface area contributed by atoms with Crippen LogP contribution in [0.2, 0.25) is 0 Å². The van der Waals surface area contributed by atoms with E-state index in [9.17, 15) is 4.79 Å². The first-order valence-electron chi connectivity index (χ1n) is 5.45. The second kappa shape index (κ2) is 5.27. The van der Waals surface area contributed by atoms with Crippen LogP contribution in [-0.2, 0) is 4.79 Å². The van der Waals surface area contributed by atoms with Gasteiger partial charge in [0.25, 0.3) is 0 Å². The molecule has 2 rings (SSSR count). The summed E-state index contributed by atoms with van der Waals surface area (Å²) in [6.07, 6.45) is 0. The van der Waals surface area contributed by atoms with Crippen molar-refractivity contribution in [1.29, 1.82) is 0 Å². The van der Waals surface area contributed by atoms with Gasteiger partial charge in [0.1, 0.15) is 0 Å². The normalized spacial score (nSPS) is 9.94. The zero-order valence-electron chi connectivity index (χ0n) is 9.39. The number of hydrogen-bond acceptors (Lipinski definition) is 2. The summed E-state index contributed by atoms with van der Waals surface area (Å²) in [5.74, 6) is -0.183. The first-order valence-corrected chi connectivity index (χ1v) is 5.45. The first kappa shape index (κ1) is 11.4. The Morgan fingerprint density at radius 1 is 0.941 bits per heavy atom. The zero-order chi connectivity index (χ0) is 12.1. The molecule has 17 heavy (non-hydrogen) atoms. The fourth-order valence-corrected chi connectivity index (χ4v) is 1.59. The Morgan fingerprint density at radius 3 is 2.12 bits per heavy atom. The molecule has 0 fully saturated rings. The van der Waals surface area contributed by atoms with Gasteiger partial charge in [-0.15, -0.1) is 0 Å². The number of anilines is 1. The van der Waals surface area contributed by atoms with Crippen molar-refractivity contribution in [2.75, 3.05) is 11.9 Å². The van der Waals surface area contributed by atoms with Gasteiger partial charge < -0.3 is 11.1 Å². The van der Waals surface area contributed by atoms with Gasteiger partial charge in [-0.25, -0.2) is 0 Å². The summed E-state index contributed by atoms with van der Waals surface area (Å²) < 4.78 is 0. The third kappa shape index (κ3) is 2.92. The minimum absolute atomic E-state index is 0.000433. The van der Waals surface area contributed by atoms with Gasteiger partial charge in [-0.2, -0.15) is 0 Å². The number of nitrogens with one attached hydrogen (secondary N) is 1. The second-order valence-corrected chi connectivity index (χ2v) is 3.70. The standard InChI is InChI=1S/C14H14N2O/c15-10-14(17)16-13-8-6-12(7-9-13)11-4-2-1-3-5-11/h1-9H,10,15H2,(H,16,17). The number of hydrogen-bond donors (Lipinski definition) is 2. The molecule has 3 nitrogen and oxygen atoms in total. The Labute approximate surface area is 100 Å². The highest BCUT2D eigenvalue weighted by atomic mass is 16.1. The Balaban J connectivity index is 2.16. The van der Waals surface area contributed by atoms with Crippen molar-refractivity contribution >= 4 is 11.6 Å². The number of carbonyl (C=O) groups is 1. The summed E-state index contributed by atoms with van der Waals surface area (Å²) in [7, 11) is 0. The van der Waals surface area contributed by atoms with Crippen LogP contribution in [0.15, 0.2) is 54.6 Å². The Morgan fingerprint density at radius 2 is 1.53 bits per heavy atom. The van der Waals surface area contributed by atoms with Crippen molar-refractivity contribution in [2.24, 2.45) is 5.73 Å². The predicted molar refractivity (Wildman–Crippen MR) is 69.6 cm³/mol. The third-order valence-electron chi connectivity index (χ3n) is 2.46. The Kier molecular flexibility index (Phi) is 3.52. The lowest BCUT2D eigenvalue weighted by Crippen LogP contribution is -2.21. The summed E-state index contributed by atoms with van der Waals surface area (Å²) in [6.45, 7) is 0.000433. The van der Waals surface area contributed by atoms with E-state index >= 15 is 0 Å². The van der Waals surface area contributed by atoms with Crippen LogP contribution in [0.4, 0.5) is 5.69 Å². The summed E-state index contributed by atoms with van der Waals surface area (Å²) in [4.78, 5) is 11.1. The van der Waals surface area contributed by atoms with Crippen LogP contribution in [0.25, 0.3) is 11.1 Å². The van der Waals surface area contributed by atoms with E-state index in [-0.39, 0.29) is 12.5 Å². The van der Waals surface area contributed by atoms with E-state index in [2.05, 4.69) is 5.32 Å². The van der Waals surface area contributed by atoms with Gasteiger partial charge in [-0.05, 0) is 23.3 Å². The monoisotopic (exact) mass is 226 g/mol. The molecule has 0 spiro atoms. The van der Waals surface area contributed by atoms with Crippen LogP contribution in [0.3, 0.4) is 0 Å². The molecule has 0 aromatic heterocycles. The largest absolute Gasteiger partial charge is 0.325 e. The highest BCUT2D eigenvalue weighted by molar-refractivity contribution is 5.92. The van der Waals surface area contributed by atoms with Gasteiger partial charge in [0, 0.05) is 5.69 Å². The van der Waals surface area contributed by atoms with Crippen molar-refractivity contribution in [3.8, 4) is 11.1 Å². The van der Waals surface area contributed by atoms with Crippen molar-refractivity contribution in [2.45, 2.75) is 0 Å². The molecule has 0 bridgehead atoms. The van der Waals surface area contributed by atoms with Crippen LogP contribution in [0.5, 0.6) is 0 Å². The van der Waals surface area contributed by atoms with Gasteiger partial charge in [0.05, 0.1) is 6.54 Å². The minimum Gasteiger partial charge on any atom is -0.325 e. The molecule has 0 saturated heterocycles. The fraction of sp³-hybridized carbons (Fsp3) is 0.0714. The average molecular weight is 226 g/mol. The predicted octanol–water partition coefficient (Wildman–Crippen LogP) is 2.25. The van der Waals surface area contributed by atoms with E-state index < -0.39 is 0 Å². The number of amides is 1. The second-order valence-electron chi connectivity index (χ2n) is 3.70. The number of nitrogens with two attached hydrogens (primary N) is 1. The topological polar surface area (TPSA) is 55.1 Å². The number of rotatable bonds is 3. The lowest BCUT2D eigenvalue weighted by Gasteiger charge is -2.05. The zero-order valence-corrected chi connectivity index (χ0v) is 9.39. The molecule has 2 aromatic carbocycles. The fourth-order valence-electron chi connectivity index (χ4n) is 1.59. The lowest BCUT2D eigenvalue weighted by molar-refractivity contribution is -0.114. The van der Waals surface area contributed by atoms with Crippen molar-refractivity contribution in [3.63, 3.8) is 0 Å². The van der Waals surface area contributed by atoms with Crippen LogP contribution >= 0.6 is 0 Å². The lowest BCUT2D eigenvalue weighted by atomic mass is 10.1. The summed E-state index contributed by atoms with van der Waals surface area (Å²) >= 11 is 0. The van der Waals surface area contributed by atoms with Gasteiger partial charge in [-0.1, -0.05) is 42.5 Å². The molecule has 0 heterocycles. The van der Waals surface area contributed by atoms with Crippen LogP contribution < -0.4 is 11.1 Å². The molecule has 3 heteroatoms. The maximum Gasteiger partial charge on any atom is 0.238 e. The van der Waals surface area contributed by atoms with E-state index in [4.69, 9.17) is 5.73 Å². The van der Waals surface area contributed by atoms with Crippen LogP contribution in [0, 0.1) is 0 Å². The summed E-state index contributed by atoms with van der Waals surface area (Å²) in [6, 6.07) is 17.8. The van der Waals surface area contributed by atoms with Gasteiger partial charge in [0.15, 0.2) is 0 Å². The SMILES string of the molecule is NCC(=O)Nc1ccc(-c2ccccc2)cc1. The van der Waals surface area contributed by atoms with E-state index in [1.54, 1.807) is 0 Å².